The van der Waals surface area contributed by atoms with Crippen LogP contribution in [0.15, 0.2) is 30.5 Å². The third-order valence-corrected chi connectivity index (χ3v) is 4.88. The number of para-hydroxylation sites is 1. The number of likely N-dealkylation sites (tertiary alicyclic amines) is 1. The molecule has 0 saturated carbocycles. The van der Waals surface area contributed by atoms with Crippen LogP contribution in [0.3, 0.4) is 0 Å². The van der Waals surface area contributed by atoms with Crippen molar-refractivity contribution >= 4 is 10.9 Å². The number of nitrogens with two attached hydrogens (primary N) is 1. The van der Waals surface area contributed by atoms with Gasteiger partial charge in [0.1, 0.15) is 0 Å². The molecule has 1 saturated heterocycles. The van der Waals surface area contributed by atoms with E-state index in [1.54, 1.807) is 4.68 Å². The monoisotopic (exact) mass is 285 g/mol. The van der Waals surface area contributed by atoms with Crippen molar-refractivity contribution in [1.82, 2.24) is 9.58 Å². The van der Waals surface area contributed by atoms with Crippen LogP contribution >= 0.6 is 0 Å². The van der Waals surface area contributed by atoms with E-state index < -0.39 is 0 Å². The highest BCUT2D eigenvalue weighted by molar-refractivity contribution is 5.84. The Morgan fingerprint density at radius 3 is 2.67 bits per heavy atom. The van der Waals surface area contributed by atoms with Gasteiger partial charge >= 0.3 is 0 Å². The Hall–Kier alpha value is -1.48. The molecule has 1 aromatic carbocycles. The van der Waals surface area contributed by atoms with Crippen molar-refractivity contribution in [3.63, 3.8) is 0 Å². The highest BCUT2D eigenvalue weighted by atomic mass is 15.3. The molecule has 0 atom stereocenters. The first kappa shape index (κ1) is 14.5. The molecule has 0 amide bonds. The number of fused-ring (bicyclic) bond motifs is 1. The number of nitrogens with zero attached hydrogens (tertiary/aromatic N) is 2. The van der Waals surface area contributed by atoms with Gasteiger partial charge in [-0.25, -0.2) is 0 Å². The van der Waals surface area contributed by atoms with Crippen molar-refractivity contribution in [2.75, 3.05) is 25.5 Å². The first-order chi connectivity index (χ1) is 10.3. The number of unbranched alkanes of at least 4 members (excludes halogenated alkanes) is 2. The minimum atomic E-state index is 0.669. The van der Waals surface area contributed by atoms with Gasteiger partial charge in [-0.15, -0.1) is 0 Å². The summed E-state index contributed by atoms with van der Waals surface area (Å²) in [6.07, 6.45) is 8.69. The van der Waals surface area contributed by atoms with E-state index in [1.165, 1.54) is 62.7 Å². The summed E-state index contributed by atoms with van der Waals surface area (Å²) < 4.78 is 1.79. The predicted octanol–water partition coefficient (Wildman–Crippen LogP) is 3.72. The zero-order chi connectivity index (χ0) is 14.7. The number of benzene rings is 1. The molecule has 0 aliphatic carbocycles. The van der Waals surface area contributed by atoms with Gasteiger partial charge in [0.2, 0.25) is 0 Å². The SMILES string of the molecule is CCCCCN1CCC(c2cn(N)c3ccccc23)CC1. The van der Waals surface area contributed by atoms with Crippen LogP contribution in [0.2, 0.25) is 0 Å². The lowest BCUT2D eigenvalue weighted by Gasteiger charge is -2.31. The Balaban J connectivity index is 1.66. The van der Waals surface area contributed by atoms with Crippen LogP contribution in [-0.4, -0.2) is 29.2 Å². The van der Waals surface area contributed by atoms with Crippen molar-refractivity contribution in [3.8, 4) is 0 Å². The number of rotatable bonds is 5. The van der Waals surface area contributed by atoms with Gasteiger partial charge in [-0.2, -0.15) is 0 Å². The van der Waals surface area contributed by atoms with E-state index in [9.17, 15) is 0 Å². The zero-order valence-corrected chi connectivity index (χ0v) is 13.1. The van der Waals surface area contributed by atoms with Gasteiger partial charge in [-0.05, 0) is 56.4 Å². The van der Waals surface area contributed by atoms with Crippen molar-refractivity contribution in [2.45, 2.75) is 44.9 Å². The third kappa shape index (κ3) is 3.08. The molecule has 114 valence electrons. The highest BCUT2D eigenvalue weighted by Gasteiger charge is 2.23. The molecule has 0 unspecified atom stereocenters. The maximum atomic E-state index is 6.10. The summed E-state index contributed by atoms with van der Waals surface area (Å²) in [6, 6.07) is 8.50. The Labute approximate surface area is 127 Å². The summed E-state index contributed by atoms with van der Waals surface area (Å²) in [5.74, 6) is 6.77. The molecule has 0 bridgehead atoms. The van der Waals surface area contributed by atoms with Crippen molar-refractivity contribution in [2.24, 2.45) is 0 Å². The number of piperidine rings is 1. The molecule has 0 radical (unpaired) electrons. The van der Waals surface area contributed by atoms with Gasteiger partial charge in [-0.3, -0.25) is 4.68 Å². The van der Waals surface area contributed by atoms with Gasteiger partial charge in [0.25, 0.3) is 0 Å². The minimum absolute atomic E-state index is 0.669. The first-order valence-corrected chi connectivity index (χ1v) is 8.37. The van der Waals surface area contributed by atoms with Crippen molar-refractivity contribution < 1.29 is 0 Å². The summed E-state index contributed by atoms with van der Waals surface area (Å²) >= 11 is 0. The normalized spacial score (nSPS) is 17.6. The molecule has 0 spiro atoms. The average Bonchev–Trinajstić information content (AvgIpc) is 2.86. The lowest BCUT2D eigenvalue weighted by atomic mass is 9.89. The number of aromatic nitrogens is 1. The van der Waals surface area contributed by atoms with E-state index in [2.05, 4.69) is 42.3 Å². The van der Waals surface area contributed by atoms with E-state index in [0.29, 0.717) is 5.92 Å². The molecule has 3 nitrogen and oxygen atoms in total. The van der Waals surface area contributed by atoms with E-state index in [0.717, 1.165) is 5.52 Å². The van der Waals surface area contributed by atoms with Crippen LogP contribution in [-0.2, 0) is 0 Å². The van der Waals surface area contributed by atoms with Crippen molar-refractivity contribution in [3.05, 3.63) is 36.0 Å². The van der Waals surface area contributed by atoms with Crippen LogP contribution in [0, 0.1) is 0 Å². The Kier molecular flexibility index (Phi) is 4.49. The average molecular weight is 285 g/mol. The summed E-state index contributed by atoms with van der Waals surface area (Å²) in [6.45, 7) is 6.02. The van der Waals surface area contributed by atoms with Crippen LogP contribution in [0.5, 0.6) is 0 Å². The van der Waals surface area contributed by atoms with Gasteiger partial charge in [0.05, 0.1) is 5.52 Å². The predicted molar refractivity (Wildman–Crippen MR) is 90.0 cm³/mol. The van der Waals surface area contributed by atoms with Crippen molar-refractivity contribution in [1.29, 1.82) is 0 Å². The fourth-order valence-electron chi connectivity index (χ4n) is 3.61. The van der Waals surface area contributed by atoms with Crippen LogP contribution in [0.1, 0.15) is 50.5 Å². The molecule has 2 aromatic rings. The molecule has 2 N–H and O–H groups in total. The van der Waals surface area contributed by atoms with Gasteiger partial charge in [-0.1, -0.05) is 38.0 Å². The first-order valence-electron chi connectivity index (χ1n) is 8.37. The zero-order valence-electron chi connectivity index (χ0n) is 13.1. The van der Waals surface area contributed by atoms with E-state index in [1.807, 2.05) is 0 Å². The lowest BCUT2D eigenvalue weighted by Crippen LogP contribution is -2.33. The number of hydrogen-bond acceptors (Lipinski definition) is 2. The maximum absolute atomic E-state index is 6.10. The number of hydrogen-bond donors (Lipinski definition) is 1. The second-order valence-corrected chi connectivity index (χ2v) is 6.33. The van der Waals surface area contributed by atoms with Gasteiger partial charge in [0.15, 0.2) is 0 Å². The van der Waals surface area contributed by atoms with E-state index in [-0.39, 0.29) is 0 Å². The summed E-state index contributed by atoms with van der Waals surface area (Å²) in [4.78, 5) is 2.63. The minimum Gasteiger partial charge on any atom is -0.339 e. The molecule has 2 heterocycles. The maximum Gasteiger partial charge on any atom is 0.0693 e. The molecule has 1 aromatic heterocycles. The molecule has 21 heavy (non-hydrogen) atoms. The molecule has 1 fully saturated rings. The standard InChI is InChI=1S/C18H27N3/c1-2-3-6-11-20-12-9-15(10-13-20)17-14-21(19)18-8-5-4-7-16(17)18/h4-5,7-8,14-15H,2-3,6,9-13,19H2,1H3. The fourth-order valence-corrected chi connectivity index (χ4v) is 3.61. The Morgan fingerprint density at radius 1 is 1.14 bits per heavy atom. The van der Waals surface area contributed by atoms with Crippen LogP contribution < -0.4 is 5.84 Å². The molecular formula is C18H27N3. The summed E-state index contributed by atoms with van der Waals surface area (Å²) in [5.41, 5.74) is 2.60. The number of nitrogen functional groups attached to an aromatic ring is 1. The molecular weight excluding hydrogens is 258 g/mol. The molecule has 1 aliphatic heterocycles. The molecule has 3 rings (SSSR count). The van der Waals surface area contributed by atoms with E-state index in [4.69, 9.17) is 5.84 Å². The largest absolute Gasteiger partial charge is 0.339 e. The third-order valence-electron chi connectivity index (χ3n) is 4.88. The van der Waals surface area contributed by atoms with Crippen LogP contribution in [0.25, 0.3) is 10.9 Å². The molecule has 1 aliphatic rings. The molecule has 3 heteroatoms. The van der Waals surface area contributed by atoms with Gasteiger partial charge in [0, 0.05) is 11.6 Å². The summed E-state index contributed by atoms with van der Waals surface area (Å²) in [7, 11) is 0. The summed E-state index contributed by atoms with van der Waals surface area (Å²) in [5, 5.41) is 1.34. The smallest absolute Gasteiger partial charge is 0.0693 e. The quantitative estimate of drug-likeness (QED) is 0.671. The lowest BCUT2D eigenvalue weighted by molar-refractivity contribution is 0.209. The van der Waals surface area contributed by atoms with E-state index >= 15 is 0 Å². The van der Waals surface area contributed by atoms with Crippen LogP contribution in [0.4, 0.5) is 0 Å². The highest BCUT2D eigenvalue weighted by Crippen LogP contribution is 2.33. The van der Waals surface area contributed by atoms with Gasteiger partial charge < -0.3 is 10.7 Å². The second kappa shape index (κ2) is 6.52. The topological polar surface area (TPSA) is 34.2 Å². The fraction of sp³-hybridized carbons (Fsp3) is 0.556. The Bertz CT molecular complexity index is 579. The Morgan fingerprint density at radius 2 is 1.90 bits per heavy atom. The second-order valence-electron chi connectivity index (χ2n) is 6.33.